The Kier molecular flexibility index (Phi) is 8.05. The largest absolute Gasteiger partial charge is 0.377 e. The second-order valence-corrected chi connectivity index (χ2v) is 6.85. The first-order valence-electron chi connectivity index (χ1n) is 9.44. The Balaban J connectivity index is 1.93. The number of hydrogen-bond donors (Lipinski definition) is 1. The number of hydrogen-bond acceptors (Lipinski definition) is 3. The molecule has 2 aliphatic rings. The van der Waals surface area contributed by atoms with Crippen molar-refractivity contribution in [3.63, 3.8) is 0 Å². The van der Waals surface area contributed by atoms with Crippen molar-refractivity contribution in [2.45, 2.75) is 89.8 Å². The van der Waals surface area contributed by atoms with Crippen LogP contribution in [0, 0.1) is 0 Å². The van der Waals surface area contributed by atoms with Gasteiger partial charge in [0.15, 0.2) is 0 Å². The van der Waals surface area contributed by atoms with E-state index in [0.717, 1.165) is 32.2 Å². The third-order valence-electron chi connectivity index (χ3n) is 5.13. The number of rotatable bonds is 6. The monoisotopic (exact) mass is 296 g/mol. The summed E-state index contributed by atoms with van der Waals surface area (Å²) in [5.74, 6) is 0. The molecule has 1 N–H and O–H groups in total. The van der Waals surface area contributed by atoms with Crippen molar-refractivity contribution in [1.29, 1.82) is 0 Å². The van der Waals surface area contributed by atoms with E-state index in [1.54, 1.807) is 0 Å². The van der Waals surface area contributed by atoms with Gasteiger partial charge in [-0.3, -0.25) is 4.90 Å². The van der Waals surface area contributed by atoms with Gasteiger partial charge >= 0.3 is 0 Å². The molecule has 0 radical (unpaired) electrons. The first-order valence-corrected chi connectivity index (χ1v) is 9.44. The summed E-state index contributed by atoms with van der Waals surface area (Å²) in [6.45, 7) is 8.92. The number of likely N-dealkylation sites (N-methyl/N-ethyl adjacent to an activating group) is 1. The maximum Gasteiger partial charge on any atom is 0.0702 e. The van der Waals surface area contributed by atoms with Crippen LogP contribution in [-0.2, 0) is 4.74 Å². The van der Waals surface area contributed by atoms with Gasteiger partial charge in [0.05, 0.1) is 6.10 Å². The van der Waals surface area contributed by atoms with Crippen LogP contribution in [0.1, 0.15) is 71.6 Å². The normalized spacial score (nSPS) is 32.6. The van der Waals surface area contributed by atoms with Gasteiger partial charge in [0.25, 0.3) is 0 Å². The average molecular weight is 296 g/mol. The topological polar surface area (TPSA) is 24.5 Å². The highest BCUT2D eigenvalue weighted by Crippen LogP contribution is 2.25. The number of nitrogens with one attached hydrogen (secondary N) is 1. The predicted octanol–water partition coefficient (Wildman–Crippen LogP) is 3.58. The van der Waals surface area contributed by atoms with Crippen LogP contribution >= 0.6 is 0 Å². The SMILES string of the molecule is CCCOC1CCCN(C2CCCCCCC2NCC)C1. The van der Waals surface area contributed by atoms with Gasteiger partial charge in [-0.15, -0.1) is 0 Å². The highest BCUT2D eigenvalue weighted by atomic mass is 16.5. The van der Waals surface area contributed by atoms with Crippen LogP contribution in [0.5, 0.6) is 0 Å². The molecule has 3 atom stereocenters. The number of piperidine rings is 1. The first-order chi connectivity index (χ1) is 10.3. The minimum absolute atomic E-state index is 0.478. The molecular weight excluding hydrogens is 260 g/mol. The van der Waals surface area contributed by atoms with E-state index >= 15 is 0 Å². The molecule has 1 aliphatic heterocycles. The van der Waals surface area contributed by atoms with Crippen molar-refractivity contribution in [3.8, 4) is 0 Å². The zero-order chi connectivity index (χ0) is 14.9. The quantitative estimate of drug-likeness (QED) is 0.811. The molecule has 21 heavy (non-hydrogen) atoms. The highest BCUT2D eigenvalue weighted by Gasteiger charge is 2.31. The summed E-state index contributed by atoms with van der Waals surface area (Å²) < 4.78 is 6.04. The zero-order valence-corrected chi connectivity index (χ0v) is 14.3. The molecule has 0 amide bonds. The molecular formula is C18H36N2O. The molecule has 0 aromatic rings. The lowest BCUT2D eigenvalue weighted by Gasteiger charge is -2.43. The van der Waals surface area contributed by atoms with Crippen molar-refractivity contribution in [1.82, 2.24) is 10.2 Å². The molecule has 0 bridgehead atoms. The Labute approximate surface area is 131 Å². The Bertz CT molecular complexity index is 272. The summed E-state index contributed by atoms with van der Waals surface area (Å²) in [5, 5.41) is 3.78. The van der Waals surface area contributed by atoms with E-state index in [-0.39, 0.29) is 0 Å². The number of nitrogens with zero attached hydrogens (tertiary/aromatic N) is 1. The summed E-state index contributed by atoms with van der Waals surface area (Å²) >= 11 is 0. The fraction of sp³-hybridized carbons (Fsp3) is 1.00. The molecule has 3 unspecified atom stereocenters. The molecule has 1 aliphatic carbocycles. The van der Waals surface area contributed by atoms with Gasteiger partial charge in [-0.25, -0.2) is 0 Å². The summed E-state index contributed by atoms with van der Waals surface area (Å²) in [6.07, 6.45) is 12.6. The van der Waals surface area contributed by atoms with E-state index in [0.29, 0.717) is 12.1 Å². The lowest BCUT2D eigenvalue weighted by atomic mass is 9.89. The van der Waals surface area contributed by atoms with Crippen LogP contribution in [0.4, 0.5) is 0 Å². The molecule has 0 aromatic heterocycles. The second-order valence-electron chi connectivity index (χ2n) is 6.85. The standard InChI is InChI=1S/C18H36N2O/c1-3-14-21-16-10-9-13-20(15-16)18-12-8-6-5-7-11-17(18)19-4-2/h16-19H,3-15H2,1-2H3. The fourth-order valence-electron chi connectivity index (χ4n) is 4.09. The van der Waals surface area contributed by atoms with Gasteiger partial charge in [0, 0.05) is 25.2 Å². The van der Waals surface area contributed by atoms with Crippen molar-refractivity contribution in [3.05, 3.63) is 0 Å². The Morgan fingerprint density at radius 2 is 1.81 bits per heavy atom. The van der Waals surface area contributed by atoms with Gasteiger partial charge in [-0.05, 0) is 45.2 Å². The average Bonchev–Trinajstić information content (AvgIpc) is 2.48. The zero-order valence-electron chi connectivity index (χ0n) is 14.3. The molecule has 3 nitrogen and oxygen atoms in total. The molecule has 0 aromatic carbocycles. The molecule has 0 spiro atoms. The predicted molar refractivity (Wildman–Crippen MR) is 89.8 cm³/mol. The van der Waals surface area contributed by atoms with Gasteiger partial charge in [0.1, 0.15) is 0 Å². The van der Waals surface area contributed by atoms with Crippen molar-refractivity contribution >= 4 is 0 Å². The molecule has 2 fully saturated rings. The molecule has 3 heteroatoms. The van der Waals surface area contributed by atoms with E-state index in [1.165, 1.54) is 57.9 Å². The molecule has 1 saturated carbocycles. The van der Waals surface area contributed by atoms with Crippen LogP contribution in [0.3, 0.4) is 0 Å². The third kappa shape index (κ3) is 5.54. The Morgan fingerprint density at radius 1 is 1.00 bits per heavy atom. The van der Waals surface area contributed by atoms with E-state index in [9.17, 15) is 0 Å². The minimum atomic E-state index is 0.478. The summed E-state index contributed by atoms with van der Waals surface area (Å²) in [7, 11) is 0. The molecule has 1 saturated heterocycles. The van der Waals surface area contributed by atoms with Crippen LogP contribution in [0.25, 0.3) is 0 Å². The number of likely N-dealkylation sites (tertiary alicyclic amines) is 1. The smallest absolute Gasteiger partial charge is 0.0702 e. The van der Waals surface area contributed by atoms with Gasteiger partial charge in [-0.1, -0.05) is 39.5 Å². The lowest BCUT2D eigenvalue weighted by molar-refractivity contribution is -0.0203. The Morgan fingerprint density at radius 3 is 2.57 bits per heavy atom. The summed E-state index contributed by atoms with van der Waals surface area (Å²) in [6, 6.07) is 1.43. The minimum Gasteiger partial charge on any atom is -0.377 e. The van der Waals surface area contributed by atoms with Crippen LogP contribution < -0.4 is 5.32 Å². The lowest BCUT2D eigenvalue weighted by Crippen LogP contribution is -2.54. The Hall–Kier alpha value is -0.120. The van der Waals surface area contributed by atoms with E-state index in [2.05, 4.69) is 24.1 Å². The van der Waals surface area contributed by atoms with Gasteiger partial charge < -0.3 is 10.1 Å². The van der Waals surface area contributed by atoms with E-state index in [1.807, 2.05) is 0 Å². The fourth-order valence-corrected chi connectivity index (χ4v) is 4.09. The van der Waals surface area contributed by atoms with Crippen molar-refractivity contribution in [2.75, 3.05) is 26.2 Å². The number of ether oxygens (including phenoxy) is 1. The van der Waals surface area contributed by atoms with Gasteiger partial charge in [0.2, 0.25) is 0 Å². The molecule has 1 heterocycles. The molecule has 2 rings (SSSR count). The van der Waals surface area contributed by atoms with Crippen LogP contribution in [0.15, 0.2) is 0 Å². The third-order valence-corrected chi connectivity index (χ3v) is 5.13. The molecule has 124 valence electrons. The maximum atomic E-state index is 6.04. The van der Waals surface area contributed by atoms with E-state index < -0.39 is 0 Å². The highest BCUT2D eigenvalue weighted by molar-refractivity contribution is 4.89. The van der Waals surface area contributed by atoms with Crippen LogP contribution in [0.2, 0.25) is 0 Å². The van der Waals surface area contributed by atoms with Crippen molar-refractivity contribution in [2.24, 2.45) is 0 Å². The van der Waals surface area contributed by atoms with E-state index in [4.69, 9.17) is 4.74 Å². The second kappa shape index (κ2) is 9.81. The summed E-state index contributed by atoms with van der Waals surface area (Å²) in [4.78, 5) is 2.75. The summed E-state index contributed by atoms with van der Waals surface area (Å²) in [5.41, 5.74) is 0. The van der Waals surface area contributed by atoms with Crippen molar-refractivity contribution < 1.29 is 4.74 Å². The maximum absolute atomic E-state index is 6.04. The van der Waals surface area contributed by atoms with Crippen LogP contribution in [-0.4, -0.2) is 49.3 Å². The first kappa shape index (κ1) is 17.2. The van der Waals surface area contributed by atoms with Gasteiger partial charge in [-0.2, -0.15) is 0 Å².